The van der Waals surface area contributed by atoms with Crippen LogP contribution in [0.1, 0.15) is 28.4 Å². The van der Waals surface area contributed by atoms with Crippen molar-refractivity contribution >= 4 is 17.9 Å². The first-order valence-electron chi connectivity index (χ1n) is 8.37. The van der Waals surface area contributed by atoms with Gasteiger partial charge in [0.25, 0.3) is 5.89 Å². The van der Waals surface area contributed by atoms with E-state index in [1.807, 2.05) is 0 Å². The molecule has 8 nitrogen and oxygen atoms in total. The summed E-state index contributed by atoms with van der Waals surface area (Å²) in [7, 11) is 0. The van der Waals surface area contributed by atoms with Crippen LogP contribution in [0.2, 0.25) is 5.02 Å². The number of aromatic nitrogens is 6. The maximum absolute atomic E-state index is 14.5. The average Bonchev–Trinajstić information content (AvgIpc) is 3.40. The van der Waals surface area contributed by atoms with Gasteiger partial charge in [0.1, 0.15) is 11.5 Å². The molecule has 0 aliphatic rings. The van der Waals surface area contributed by atoms with Crippen molar-refractivity contribution in [2.75, 3.05) is 0 Å². The number of halogens is 4. The zero-order chi connectivity index (χ0) is 21.3. The summed E-state index contributed by atoms with van der Waals surface area (Å²) in [5, 5.41) is 14.8. The summed E-state index contributed by atoms with van der Waals surface area (Å²) >= 11 is 6.19. The third-order valence-corrected chi connectivity index (χ3v) is 4.50. The van der Waals surface area contributed by atoms with E-state index in [2.05, 4.69) is 25.5 Å². The number of hydrogen-bond donors (Lipinski definition) is 0. The summed E-state index contributed by atoms with van der Waals surface area (Å²) < 4.78 is 45.7. The van der Waals surface area contributed by atoms with Crippen LogP contribution in [0.15, 0.2) is 41.1 Å². The van der Waals surface area contributed by atoms with Crippen molar-refractivity contribution in [2.24, 2.45) is 0 Å². The monoisotopic (exact) mass is 434 g/mol. The van der Waals surface area contributed by atoms with Gasteiger partial charge >= 0.3 is 6.43 Å². The molecular formula is C18H10ClF3N6O2. The number of aldehydes is 1. The number of alkyl halides is 2. The Morgan fingerprint density at radius 1 is 1.23 bits per heavy atom. The molecule has 12 heteroatoms. The zero-order valence-corrected chi connectivity index (χ0v) is 15.6. The highest BCUT2D eigenvalue weighted by atomic mass is 35.5. The first-order valence-corrected chi connectivity index (χ1v) is 8.74. The van der Waals surface area contributed by atoms with Gasteiger partial charge in [-0.2, -0.15) is 8.78 Å². The zero-order valence-electron chi connectivity index (χ0n) is 14.8. The van der Waals surface area contributed by atoms with Gasteiger partial charge in [-0.05, 0) is 6.07 Å². The van der Waals surface area contributed by atoms with Crippen LogP contribution in [0.5, 0.6) is 0 Å². The minimum absolute atomic E-state index is 0.0246. The molecule has 3 aromatic heterocycles. The maximum atomic E-state index is 14.5. The lowest BCUT2D eigenvalue weighted by molar-refractivity contribution is 0.112. The Morgan fingerprint density at radius 3 is 2.77 bits per heavy atom. The molecule has 0 saturated carbocycles. The maximum Gasteiger partial charge on any atom is 0.314 e. The predicted octanol–water partition coefficient (Wildman–Crippen LogP) is 3.98. The number of benzene rings is 1. The molecule has 0 N–H and O–H groups in total. The quantitative estimate of drug-likeness (QED) is 0.423. The van der Waals surface area contributed by atoms with Crippen molar-refractivity contribution in [1.29, 1.82) is 0 Å². The number of rotatable bonds is 6. The molecule has 0 fully saturated rings. The number of nitrogens with zero attached hydrogens (tertiary/aromatic N) is 6. The smallest absolute Gasteiger partial charge is 0.314 e. The topological polar surface area (TPSA) is 99.6 Å². The van der Waals surface area contributed by atoms with E-state index in [4.69, 9.17) is 16.0 Å². The van der Waals surface area contributed by atoms with E-state index in [0.717, 1.165) is 6.07 Å². The van der Waals surface area contributed by atoms with Gasteiger partial charge in [0.2, 0.25) is 5.89 Å². The first-order chi connectivity index (χ1) is 14.5. The molecule has 0 spiro atoms. The third kappa shape index (κ3) is 3.79. The summed E-state index contributed by atoms with van der Waals surface area (Å²) in [6.07, 6.45) is 0.456. The summed E-state index contributed by atoms with van der Waals surface area (Å²) in [6.45, 7) is -0.0593. The van der Waals surface area contributed by atoms with Gasteiger partial charge in [-0.15, -0.1) is 15.3 Å². The molecule has 0 atom stereocenters. The summed E-state index contributed by atoms with van der Waals surface area (Å²) in [5.41, 5.74) is 1.29. The third-order valence-electron chi connectivity index (χ3n) is 4.07. The summed E-state index contributed by atoms with van der Waals surface area (Å²) in [5.74, 6) is -1.85. The predicted molar refractivity (Wildman–Crippen MR) is 97.4 cm³/mol. The van der Waals surface area contributed by atoms with Crippen LogP contribution >= 0.6 is 11.6 Å². The molecule has 0 radical (unpaired) electrons. The van der Waals surface area contributed by atoms with Gasteiger partial charge < -0.3 is 4.42 Å². The van der Waals surface area contributed by atoms with Crippen LogP contribution in [0.25, 0.3) is 22.7 Å². The van der Waals surface area contributed by atoms with E-state index in [-0.39, 0.29) is 28.7 Å². The van der Waals surface area contributed by atoms with Crippen molar-refractivity contribution in [3.63, 3.8) is 0 Å². The van der Waals surface area contributed by atoms with Crippen LogP contribution in [0, 0.1) is 5.82 Å². The SMILES string of the molecule is O=Cc1cccc(-c2cn(Cc3ncc(-c4nnc(C(F)F)o4)cc3F)nn2)c1Cl. The molecule has 30 heavy (non-hydrogen) atoms. The molecule has 0 saturated heterocycles. The summed E-state index contributed by atoms with van der Waals surface area (Å²) in [6, 6.07) is 5.95. The standard InChI is InChI=1S/C18H10ClF3N6O2/c19-15-9(8-29)2-1-3-11(15)13-6-28(27-24-13)7-14-12(20)4-10(5-23-14)17-25-26-18(30-17)16(21)22/h1-6,8,16H,7H2. The van der Waals surface area contributed by atoms with Crippen molar-refractivity contribution in [3.8, 4) is 22.7 Å². The molecule has 0 aliphatic carbocycles. The van der Waals surface area contributed by atoms with E-state index < -0.39 is 18.1 Å². The van der Waals surface area contributed by atoms with E-state index >= 15 is 0 Å². The molecule has 0 bridgehead atoms. The molecule has 3 heterocycles. The molecule has 4 rings (SSSR count). The fourth-order valence-electron chi connectivity index (χ4n) is 2.63. The molecule has 152 valence electrons. The number of hydrogen-bond acceptors (Lipinski definition) is 7. The number of pyridine rings is 1. The van der Waals surface area contributed by atoms with Crippen molar-refractivity contribution in [3.05, 3.63) is 64.6 Å². The summed E-state index contributed by atoms with van der Waals surface area (Å²) in [4.78, 5) is 15.0. The van der Waals surface area contributed by atoms with Gasteiger partial charge in [0.15, 0.2) is 6.29 Å². The fourth-order valence-corrected chi connectivity index (χ4v) is 2.90. The van der Waals surface area contributed by atoms with Crippen molar-refractivity contribution in [2.45, 2.75) is 13.0 Å². The molecule has 0 aliphatic heterocycles. The number of carbonyl (C=O) groups excluding carboxylic acids is 1. The lowest BCUT2D eigenvalue weighted by Crippen LogP contribution is -2.05. The lowest BCUT2D eigenvalue weighted by Gasteiger charge is -2.04. The van der Waals surface area contributed by atoms with Gasteiger partial charge in [-0.25, -0.2) is 9.07 Å². The van der Waals surface area contributed by atoms with Gasteiger partial charge in [0, 0.05) is 17.3 Å². The highest BCUT2D eigenvalue weighted by Gasteiger charge is 2.19. The molecule has 0 unspecified atom stereocenters. The van der Waals surface area contributed by atoms with E-state index in [1.54, 1.807) is 18.2 Å². The fraction of sp³-hybridized carbons (Fsp3) is 0.111. The van der Waals surface area contributed by atoms with Crippen LogP contribution in [-0.4, -0.2) is 36.5 Å². The highest BCUT2D eigenvalue weighted by molar-refractivity contribution is 6.35. The second kappa shape index (κ2) is 8.03. The van der Waals surface area contributed by atoms with Gasteiger partial charge in [-0.3, -0.25) is 9.78 Å². The molecular weight excluding hydrogens is 425 g/mol. The Labute approximate surface area is 171 Å². The van der Waals surface area contributed by atoms with Crippen molar-refractivity contribution < 1.29 is 22.4 Å². The minimum Gasteiger partial charge on any atom is -0.415 e. The Balaban J connectivity index is 1.56. The van der Waals surface area contributed by atoms with Crippen molar-refractivity contribution in [1.82, 2.24) is 30.2 Å². The second-order valence-corrected chi connectivity index (χ2v) is 6.40. The first kappa shape index (κ1) is 19.7. The highest BCUT2D eigenvalue weighted by Crippen LogP contribution is 2.29. The van der Waals surface area contributed by atoms with E-state index in [0.29, 0.717) is 23.1 Å². The van der Waals surface area contributed by atoms with E-state index in [1.165, 1.54) is 17.1 Å². The number of carbonyl (C=O) groups is 1. The van der Waals surface area contributed by atoms with Gasteiger partial charge in [0.05, 0.1) is 29.0 Å². The van der Waals surface area contributed by atoms with Gasteiger partial charge in [-0.1, -0.05) is 35.0 Å². The van der Waals surface area contributed by atoms with Crippen LogP contribution < -0.4 is 0 Å². The van der Waals surface area contributed by atoms with Crippen LogP contribution in [0.3, 0.4) is 0 Å². The average molecular weight is 435 g/mol. The largest absolute Gasteiger partial charge is 0.415 e. The minimum atomic E-state index is -2.93. The normalized spacial score (nSPS) is 11.2. The molecule has 1 aromatic carbocycles. The Kier molecular flexibility index (Phi) is 5.27. The Morgan fingerprint density at radius 2 is 2.07 bits per heavy atom. The van der Waals surface area contributed by atoms with Crippen LogP contribution in [-0.2, 0) is 6.54 Å². The lowest BCUT2D eigenvalue weighted by atomic mass is 10.1. The Bertz CT molecular complexity index is 1230. The Hall–Kier alpha value is -3.60. The van der Waals surface area contributed by atoms with Crippen LogP contribution in [0.4, 0.5) is 13.2 Å². The molecule has 0 amide bonds. The second-order valence-electron chi connectivity index (χ2n) is 6.03. The molecule has 4 aromatic rings. The van der Waals surface area contributed by atoms with E-state index in [9.17, 15) is 18.0 Å².